The Morgan fingerprint density at radius 3 is 2.69 bits per heavy atom. The van der Waals surface area contributed by atoms with Gasteiger partial charge in [-0.25, -0.2) is 29.9 Å². The van der Waals surface area contributed by atoms with Crippen molar-refractivity contribution in [1.29, 1.82) is 0 Å². The topological polar surface area (TPSA) is 92.6 Å². The lowest BCUT2D eigenvalue weighted by atomic mass is 10.1. The molecule has 1 saturated heterocycles. The highest BCUT2D eigenvalue weighted by Crippen LogP contribution is 2.35. The van der Waals surface area contributed by atoms with Crippen LogP contribution in [-0.2, 0) is 0 Å². The van der Waals surface area contributed by atoms with Gasteiger partial charge in [-0.3, -0.25) is 0 Å². The van der Waals surface area contributed by atoms with Crippen molar-refractivity contribution in [3.8, 4) is 0 Å². The number of nitrogens with one attached hydrogen (secondary N) is 1. The van der Waals surface area contributed by atoms with E-state index in [0.717, 1.165) is 36.6 Å². The van der Waals surface area contributed by atoms with Crippen molar-refractivity contribution in [3.63, 3.8) is 0 Å². The molecule has 0 aromatic carbocycles. The Morgan fingerprint density at radius 1 is 1.04 bits per heavy atom. The molecule has 4 rings (SSSR count). The third-order valence-corrected chi connectivity index (χ3v) is 4.34. The van der Waals surface area contributed by atoms with Gasteiger partial charge in [0.25, 0.3) is 0 Å². The SMILES string of the molecule is Cc1cc(N2CCCC2c2cc(Nc3ncccn3)nc(C)n2)ncn1. The van der Waals surface area contributed by atoms with Crippen molar-refractivity contribution in [2.75, 3.05) is 16.8 Å². The van der Waals surface area contributed by atoms with Crippen LogP contribution in [0.1, 0.15) is 36.1 Å². The zero-order chi connectivity index (χ0) is 17.9. The average molecular weight is 348 g/mol. The third-order valence-electron chi connectivity index (χ3n) is 4.34. The van der Waals surface area contributed by atoms with Crippen molar-refractivity contribution in [2.45, 2.75) is 32.7 Å². The molecule has 132 valence electrons. The van der Waals surface area contributed by atoms with Crippen molar-refractivity contribution < 1.29 is 0 Å². The molecule has 0 bridgehead atoms. The molecule has 1 unspecified atom stereocenters. The molecule has 3 aromatic heterocycles. The Morgan fingerprint density at radius 2 is 1.88 bits per heavy atom. The molecule has 0 saturated carbocycles. The smallest absolute Gasteiger partial charge is 0.228 e. The minimum Gasteiger partial charge on any atom is -0.348 e. The largest absolute Gasteiger partial charge is 0.348 e. The summed E-state index contributed by atoms with van der Waals surface area (Å²) >= 11 is 0. The summed E-state index contributed by atoms with van der Waals surface area (Å²) in [7, 11) is 0. The van der Waals surface area contributed by atoms with Gasteiger partial charge in [0, 0.05) is 36.8 Å². The van der Waals surface area contributed by atoms with Crippen LogP contribution in [0.5, 0.6) is 0 Å². The summed E-state index contributed by atoms with van der Waals surface area (Å²) in [5.41, 5.74) is 1.94. The van der Waals surface area contributed by atoms with Gasteiger partial charge < -0.3 is 10.2 Å². The summed E-state index contributed by atoms with van der Waals surface area (Å²) in [6.45, 7) is 4.83. The highest BCUT2D eigenvalue weighted by molar-refractivity contribution is 5.50. The van der Waals surface area contributed by atoms with Gasteiger partial charge in [-0.1, -0.05) is 0 Å². The summed E-state index contributed by atoms with van der Waals surface area (Å²) in [5, 5.41) is 3.15. The maximum atomic E-state index is 4.68. The molecule has 1 aliphatic rings. The first-order valence-electron chi connectivity index (χ1n) is 8.64. The van der Waals surface area contributed by atoms with E-state index in [4.69, 9.17) is 0 Å². The van der Waals surface area contributed by atoms with Gasteiger partial charge in [-0.05, 0) is 32.8 Å². The van der Waals surface area contributed by atoms with Crippen LogP contribution in [-0.4, -0.2) is 36.4 Å². The highest BCUT2D eigenvalue weighted by atomic mass is 15.2. The van der Waals surface area contributed by atoms with E-state index < -0.39 is 0 Å². The molecule has 8 nitrogen and oxygen atoms in total. The summed E-state index contributed by atoms with van der Waals surface area (Å²) in [6.07, 6.45) is 7.13. The molecule has 26 heavy (non-hydrogen) atoms. The van der Waals surface area contributed by atoms with Gasteiger partial charge in [0.05, 0.1) is 11.7 Å². The molecule has 8 heteroatoms. The van der Waals surface area contributed by atoms with Crippen LogP contribution < -0.4 is 10.2 Å². The number of hydrogen-bond acceptors (Lipinski definition) is 8. The maximum absolute atomic E-state index is 4.68. The second-order valence-corrected chi connectivity index (χ2v) is 6.29. The molecule has 4 heterocycles. The molecular weight excluding hydrogens is 328 g/mol. The predicted octanol–water partition coefficient (Wildman–Crippen LogP) is 2.76. The van der Waals surface area contributed by atoms with Crippen LogP contribution in [0.25, 0.3) is 0 Å². The molecule has 0 radical (unpaired) electrons. The Kier molecular flexibility index (Phi) is 4.39. The van der Waals surface area contributed by atoms with E-state index in [2.05, 4.69) is 40.1 Å². The molecule has 1 N–H and O–H groups in total. The third kappa shape index (κ3) is 3.44. The second-order valence-electron chi connectivity index (χ2n) is 6.29. The minimum atomic E-state index is 0.170. The molecular formula is C18H20N8. The fourth-order valence-corrected chi connectivity index (χ4v) is 3.25. The van der Waals surface area contributed by atoms with E-state index in [0.29, 0.717) is 17.6 Å². The number of aromatic nitrogens is 6. The first-order valence-corrected chi connectivity index (χ1v) is 8.64. The predicted molar refractivity (Wildman–Crippen MR) is 98.2 cm³/mol. The van der Waals surface area contributed by atoms with Gasteiger partial charge in [0.1, 0.15) is 23.8 Å². The molecule has 1 atom stereocenters. The van der Waals surface area contributed by atoms with Gasteiger partial charge in [-0.15, -0.1) is 0 Å². The number of anilines is 3. The summed E-state index contributed by atoms with van der Waals surface area (Å²) in [4.78, 5) is 28.5. The van der Waals surface area contributed by atoms with Gasteiger partial charge in [0.2, 0.25) is 5.95 Å². The van der Waals surface area contributed by atoms with E-state index in [9.17, 15) is 0 Å². The van der Waals surface area contributed by atoms with Crippen LogP contribution >= 0.6 is 0 Å². The minimum absolute atomic E-state index is 0.170. The first-order chi connectivity index (χ1) is 12.7. The normalized spacial score (nSPS) is 16.7. The summed E-state index contributed by atoms with van der Waals surface area (Å²) in [5.74, 6) is 2.87. The van der Waals surface area contributed by atoms with E-state index in [1.54, 1.807) is 24.8 Å². The molecule has 1 fully saturated rings. The Hall–Kier alpha value is -3.16. The van der Waals surface area contributed by atoms with Gasteiger partial charge in [-0.2, -0.15) is 0 Å². The zero-order valence-electron chi connectivity index (χ0n) is 14.8. The molecule has 1 aliphatic heterocycles. The average Bonchev–Trinajstić information content (AvgIpc) is 3.12. The van der Waals surface area contributed by atoms with E-state index in [1.165, 1.54) is 0 Å². The fourth-order valence-electron chi connectivity index (χ4n) is 3.25. The number of hydrogen-bond donors (Lipinski definition) is 1. The lowest BCUT2D eigenvalue weighted by molar-refractivity contribution is 0.679. The van der Waals surface area contributed by atoms with Crippen LogP contribution in [0.4, 0.5) is 17.6 Å². The van der Waals surface area contributed by atoms with Crippen LogP contribution in [0.2, 0.25) is 0 Å². The van der Waals surface area contributed by atoms with Gasteiger partial charge >= 0.3 is 0 Å². The van der Waals surface area contributed by atoms with Crippen molar-refractivity contribution in [3.05, 3.63) is 54.1 Å². The lowest BCUT2D eigenvalue weighted by Gasteiger charge is -2.25. The van der Waals surface area contributed by atoms with Gasteiger partial charge in [0.15, 0.2) is 0 Å². The van der Waals surface area contributed by atoms with E-state index >= 15 is 0 Å². The summed E-state index contributed by atoms with van der Waals surface area (Å²) in [6, 6.07) is 5.94. The number of aryl methyl sites for hydroxylation is 2. The molecule has 0 spiro atoms. The lowest BCUT2D eigenvalue weighted by Crippen LogP contribution is -2.25. The summed E-state index contributed by atoms with van der Waals surface area (Å²) < 4.78 is 0. The highest BCUT2D eigenvalue weighted by Gasteiger charge is 2.29. The fraction of sp³-hybridized carbons (Fsp3) is 0.333. The monoisotopic (exact) mass is 348 g/mol. The maximum Gasteiger partial charge on any atom is 0.228 e. The Labute approximate surface area is 151 Å². The van der Waals surface area contributed by atoms with Crippen LogP contribution in [0.3, 0.4) is 0 Å². The van der Waals surface area contributed by atoms with Crippen molar-refractivity contribution >= 4 is 17.6 Å². The van der Waals surface area contributed by atoms with Crippen molar-refractivity contribution in [2.24, 2.45) is 0 Å². The zero-order valence-corrected chi connectivity index (χ0v) is 14.8. The van der Waals surface area contributed by atoms with Crippen molar-refractivity contribution in [1.82, 2.24) is 29.9 Å². The quantitative estimate of drug-likeness (QED) is 0.769. The Balaban J connectivity index is 1.64. The second kappa shape index (κ2) is 6.99. The van der Waals surface area contributed by atoms with Crippen LogP contribution in [0.15, 0.2) is 36.9 Å². The Bertz CT molecular complexity index is 899. The molecule has 0 amide bonds. The number of rotatable bonds is 4. The number of nitrogens with zero attached hydrogens (tertiary/aromatic N) is 7. The van der Waals surface area contributed by atoms with E-state index in [-0.39, 0.29) is 6.04 Å². The molecule has 3 aromatic rings. The van der Waals surface area contributed by atoms with Crippen LogP contribution in [0, 0.1) is 13.8 Å². The standard InChI is InChI=1S/C18H20N8/c1-12-9-17(22-11-21-12)26-8-3-5-15(26)14-10-16(24-13(2)23-14)25-18-19-6-4-7-20-18/h4,6-7,9-11,15H,3,5,8H2,1-2H3,(H,19,20,23,24,25). The first kappa shape index (κ1) is 16.3. The molecule has 0 aliphatic carbocycles. The van der Waals surface area contributed by atoms with E-state index in [1.807, 2.05) is 26.0 Å².